The number of carbonyl (C=O) groups is 1. The van der Waals surface area contributed by atoms with Crippen LogP contribution >= 0.6 is 0 Å². The molecule has 3 aromatic rings. The van der Waals surface area contributed by atoms with E-state index in [2.05, 4.69) is 15.6 Å². The lowest BCUT2D eigenvalue weighted by atomic mass is 10.1. The second-order valence-electron chi connectivity index (χ2n) is 5.81. The molecule has 3 rings (SSSR count). The van der Waals surface area contributed by atoms with Crippen molar-refractivity contribution >= 4 is 23.0 Å². The number of methoxy groups -OCH3 is 2. The Morgan fingerprint density at radius 1 is 1.15 bits per heavy atom. The summed E-state index contributed by atoms with van der Waals surface area (Å²) in [5, 5.41) is 6.02. The minimum atomic E-state index is -0.196. The smallest absolute Gasteiger partial charge is 0.295 e. The number of oxazole rings is 1. The zero-order valence-electron chi connectivity index (χ0n) is 14.9. The van der Waals surface area contributed by atoms with Crippen LogP contribution in [0.15, 0.2) is 46.9 Å². The maximum Gasteiger partial charge on any atom is 0.295 e. The summed E-state index contributed by atoms with van der Waals surface area (Å²) >= 11 is 0. The molecule has 0 saturated carbocycles. The number of nitrogens with zero attached hydrogens (tertiary/aromatic N) is 1. The van der Waals surface area contributed by atoms with Gasteiger partial charge in [-0.1, -0.05) is 12.1 Å². The molecule has 0 fully saturated rings. The fraction of sp³-hybridized carbons (Fsp3) is 0.263. The van der Waals surface area contributed by atoms with Gasteiger partial charge in [0.05, 0.1) is 14.2 Å². The van der Waals surface area contributed by atoms with Gasteiger partial charge < -0.3 is 24.5 Å². The first-order valence-corrected chi connectivity index (χ1v) is 8.23. The van der Waals surface area contributed by atoms with Crippen LogP contribution in [0, 0.1) is 0 Å². The third kappa shape index (κ3) is 3.88. The highest BCUT2D eigenvalue weighted by atomic mass is 16.5. The van der Waals surface area contributed by atoms with Gasteiger partial charge in [-0.05, 0) is 37.3 Å². The minimum absolute atomic E-state index is 0.134. The number of benzene rings is 2. The summed E-state index contributed by atoms with van der Waals surface area (Å²) in [5.41, 5.74) is 2.00. The molecule has 136 valence electrons. The zero-order valence-corrected chi connectivity index (χ0v) is 14.9. The van der Waals surface area contributed by atoms with Crippen LogP contribution in [-0.4, -0.2) is 37.7 Å². The first-order valence-electron chi connectivity index (χ1n) is 8.23. The van der Waals surface area contributed by atoms with E-state index in [4.69, 9.17) is 13.9 Å². The molecule has 1 aromatic heterocycles. The van der Waals surface area contributed by atoms with Crippen molar-refractivity contribution in [1.82, 2.24) is 10.3 Å². The van der Waals surface area contributed by atoms with E-state index in [1.807, 2.05) is 31.2 Å². The van der Waals surface area contributed by atoms with Gasteiger partial charge in [0.2, 0.25) is 0 Å². The number of anilines is 1. The fourth-order valence-electron chi connectivity index (χ4n) is 2.52. The van der Waals surface area contributed by atoms with Gasteiger partial charge in [0.1, 0.15) is 5.52 Å². The largest absolute Gasteiger partial charge is 0.493 e. The molecule has 0 aliphatic heterocycles. The van der Waals surface area contributed by atoms with E-state index < -0.39 is 0 Å². The van der Waals surface area contributed by atoms with Crippen molar-refractivity contribution in [3.05, 3.63) is 48.0 Å². The zero-order chi connectivity index (χ0) is 18.5. The summed E-state index contributed by atoms with van der Waals surface area (Å²) in [6, 6.07) is 12.9. The Morgan fingerprint density at radius 3 is 2.65 bits per heavy atom. The molecule has 0 radical (unpaired) electrons. The van der Waals surface area contributed by atoms with Crippen molar-refractivity contribution in [2.24, 2.45) is 0 Å². The monoisotopic (exact) mass is 355 g/mol. The quantitative estimate of drug-likeness (QED) is 0.677. The van der Waals surface area contributed by atoms with Gasteiger partial charge in [-0.2, -0.15) is 4.98 Å². The molecule has 26 heavy (non-hydrogen) atoms. The van der Waals surface area contributed by atoms with Crippen molar-refractivity contribution in [3.63, 3.8) is 0 Å². The normalized spacial score (nSPS) is 11.8. The summed E-state index contributed by atoms with van der Waals surface area (Å²) in [6.45, 7) is 2.38. The van der Waals surface area contributed by atoms with Gasteiger partial charge in [0.15, 0.2) is 17.1 Å². The molecule has 1 unspecified atom stereocenters. The van der Waals surface area contributed by atoms with Crippen molar-refractivity contribution in [3.8, 4) is 11.5 Å². The number of para-hydroxylation sites is 2. The van der Waals surface area contributed by atoms with Gasteiger partial charge >= 0.3 is 0 Å². The number of fused-ring (bicyclic) bond motifs is 1. The van der Waals surface area contributed by atoms with Gasteiger partial charge in [0.25, 0.3) is 11.9 Å². The Hall–Kier alpha value is -3.22. The van der Waals surface area contributed by atoms with E-state index in [1.54, 1.807) is 25.3 Å². The molecule has 0 spiro atoms. The number of nitrogens with one attached hydrogen (secondary N) is 2. The summed E-state index contributed by atoms with van der Waals surface area (Å²) in [4.78, 5) is 16.7. The first kappa shape index (κ1) is 17.6. The van der Waals surface area contributed by atoms with E-state index >= 15 is 0 Å². The predicted molar refractivity (Wildman–Crippen MR) is 99.0 cm³/mol. The number of rotatable bonds is 7. The molecule has 1 atom stereocenters. The Bertz CT molecular complexity index is 874. The van der Waals surface area contributed by atoms with Crippen molar-refractivity contribution < 1.29 is 18.7 Å². The van der Waals surface area contributed by atoms with Crippen LogP contribution in [0.3, 0.4) is 0 Å². The van der Waals surface area contributed by atoms with E-state index in [9.17, 15) is 4.79 Å². The SMILES string of the molecule is COc1ccc(C(=O)NC(C)CNc2nc3ccccc3o2)cc1OC. The lowest BCUT2D eigenvalue weighted by Crippen LogP contribution is -2.37. The average Bonchev–Trinajstić information content (AvgIpc) is 3.08. The third-order valence-electron chi connectivity index (χ3n) is 3.88. The highest BCUT2D eigenvalue weighted by molar-refractivity contribution is 5.95. The van der Waals surface area contributed by atoms with Gasteiger partial charge in [0, 0.05) is 18.2 Å². The highest BCUT2D eigenvalue weighted by Crippen LogP contribution is 2.27. The van der Waals surface area contributed by atoms with Gasteiger partial charge in [-0.3, -0.25) is 4.79 Å². The first-order chi connectivity index (χ1) is 12.6. The average molecular weight is 355 g/mol. The van der Waals surface area contributed by atoms with Crippen molar-refractivity contribution in [2.45, 2.75) is 13.0 Å². The maximum absolute atomic E-state index is 12.4. The standard InChI is InChI=1S/C19H21N3O4/c1-12(11-20-19-22-14-6-4-5-7-15(14)26-19)21-18(23)13-8-9-16(24-2)17(10-13)25-3/h4-10,12H,11H2,1-3H3,(H,20,22)(H,21,23). The molecule has 0 bridgehead atoms. The highest BCUT2D eigenvalue weighted by Gasteiger charge is 2.14. The Balaban J connectivity index is 1.58. The van der Waals surface area contributed by atoms with Crippen LogP contribution in [0.25, 0.3) is 11.1 Å². The third-order valence-corrected chi connectivity index (χ3v) is 3.88. The molecule has 0 saturated heterocycles. The number of hydrogen-bond donors (Lipinski definition) is 2. The number of aromatic nitrogens is 1. The topological polar surface area (TPSA) is 85.6 Å². The molecule has 0 aliphatic carbocycles. The van der Waals surface area contributed by atoms with Gasteiger partial charge in [-0.25, -0.2) is 0 Å². The van der Waals surface area contributed by atoms with Crippen LogP contribution in [0.2, 0.25) is 0 Å². The molecule has 1 heterocycles. The van der Waals surface area contributed by atoms with Crippen LogP contribution in [0.4, 0.5) is 6.01 Å². The van der Waals surface area contributed by atoms with E-state index in [0.29, 0.717) is 29.6 Å². The molecule has 7 heteroatoms. The van der Waals surface area contributed by atoms with E-state index in [-0.39, 0.29) is 11.9 Å². The summed E-state index contributed by atoms with van der Waals surface area (Å²) in [5.74, 6) is 0.893. The molecule has 2 N–H and O–H groups in total. The number of amides is 1. The summed E-state index contributed by atoms with van der Waals surface area (Å²) < 4.78 is 16.0. The number of hydrogen-bond acceptors (Lipinski definition) is 6. The molecule has 7 nitrogen and oxygen atoms in total. The lowest BCUT2D eigenvalue weighted by Gasteiger charge is -2.15. The summed E-state index contributed by atoms with van der Waals surface area (Å²) in [6.07, 6.45) is 0. The number of ether oxygens (including phenoxy) is 2. The fourth-order valence-corrected chi connectivity index (χ4v) is 2.52. The number of carbonyl (C=O) groups excluding carboxylic acids is 1. The summed E-state index contributed by atoms with van der Waals surface area (Å²) in [7, 11) is 3.09. The van der Waals surface area contributed by atoms with E-state index in [1.165, 1.54) is 7.11 Å². The maximum atomic E-state index is 12.4. The molecule has 2 aromatic carbocycles. The van der Waals surface area contributed by atoms with Gasteiger partial charge in [-0.15, -0.1) is 0 Å². The Morgan fingerprint density at radius 2 is 1.92 bits per heavy atom. The molecular weight excluding hydrogens is 334 g/mol. The predicted octanol–water partition coefficient (Wildman–Crippen LogP) is 3.08. The minimum Gasteiger partial charge on any atom is -0.493 e. The second kappa shape index (κ2) is 7.77. The van der Waals surface area contributed by atoms with Crippen LogP contribution in [0.1, 0.15) is 17.3 Å². The lowest BCUT2D eigenvalue weighted by molar-refractivity contribution is 0.0941. The molecule has 1 amide bonds. The van der Waals surface area contributed by atoms with Crippen LogP contribution < -0.4 is 20.1 Å². The van der Waals surface area contributed by atoms with Crippen molar-refractivity contribution in [2.75, 3.05) is 26.1 Å². The second-order valence-corrected chi connectivity index (χ2v) is 5.81. The van der Waals surface area contributed by atoms with Crippen molar-refractivity contribution in [1.29, 1.82) is 0 Å². The molecule has 0 aliphatic rings. The van der Waals surface area contributed by atoms with E-state index in [0.717, 1.165) is 11.1 Å². The Kier molecular flexibility index (Phi) is 5.26. The Labute approximate surface area is 151 Å². The molecular formula is C19H21N3O4. The van der Waals surface area contributed by atoms with Crippen LogP contribution in [0.5, 0.6) is 11.5 Å². The van der Waals surface area contributed by atoms with Crippen LogP contribution in [-0.2, 0) is 0 Å².